The molecule has 0 saturated carbocycles. The van der Waals surface area contributed by atoms with Crippen LogP contribution in [0.4, 0.5) is 0 Å². The number of pyridine rings is 2. The minimum absolute atomic E-state index is 0. The second-order valence-corrected chi connectivity index (χ2v) is 17.0. The first kappa shape index (κ1) is 42.0. The summed E-state index contributed by atoms with van der Waals surface area (Å²) in [6.07, 6.45) is 3.78. The van der Waals surface area contributed by atoms with E-state index in [1.54, 1.807) is 0 Å². The van der Waals surface area contributed by atoms with Crippen LogP contribution in [0.3, 0.4) is 0 Å². The SMILES string of the molecule is [Pt+2].[c-]1c(-c2ccccc2-c2[c-]c(-c3ccccc3-c3cc(-c4ccccc4)ccn3)c3oc4ccccc4c3c2)cc2c(oc3ccccc32)c1-c1ccccc1-c1cc(-c2ccccc2)ccn1. The van der Waals surface area contributed by atoms with Crippen LogP contribution in [0.5, 0.6) is 0 Å². The van der Waals surface area contributed by atoms with Crippen LogP contribution < -0.4 is 0 Å². The summed E-state index contributed by atoms with van der Waals surface area (Å²) in [5.41, 5.74) is 19.0. The third-order valence-electron chi connectivity index (χ3n) is 13.0. The average Bonchev–Trinajstić information content (AvgIpc) is 4.00. The average molecular weight is 1060 g/mol. The maximum atomic E-state index is 6.78. The van der Waals surface area contributed by atoms with E-state index in [0.29, 0.717) is 0 Å². The number of furan rings is 2. The van der Waals surface area contributed by atoms with Gasteiger partial charge in [-0.15, -0.1) is 46.5 Å². The Morgan fingerprint density at radius 3 is 1.10 bits per heavy atom. The summed E-state index contributed by atoms with van der Waals surface area (Å²) >= 11 is 0. The summed E-state index contributed by atoms with van der Waals surface area (Å²) in [6, 6.07) is 83.7. The molecule has 4 nitrogen and oxygen atoms in total. The van der Waals surface area contributed by atoms with Gasteiger partial charge in [0, 0.05) is 23.2 Å². The van der Waals surface area contributed by atoms with Gasteiger partial charge in [0.2, 0.25) is 0 Å². The monoisotopic (exact) mass is 1060 g/mol. The number of nitrogens with zero attached hydrogens (tertiary/aromatic N) is 2. The molecule has 0 atom stereocenters. The summed E-state index contributed by atoms with van der Waals surface area (Å²) in [7, 11) is 0. The molecule has 0 aliphatic carbocycles. The Hall–Kier alpha value is -8.43. The van der Waals surface area contributed by atoms with E-state index in [9.17, 15) is 0 Å². The molecular formula is C64H38N2O2Pt. The Morgan fingerprint density at radius 1 is 0.304 bits per heavy atom. The van der Waals surface area contributed by atoms with Crippen LogP contribution in [0.25, 0.3) is 133 Å². The number of hydrogen-bond donors (Lipinski definition) is 0. The van der Waals surface area contributed by atoms with Crippen LogP contribution in [0.2, 0.25) is 0 Å². The Balaban J connectivity index is 0.00000492. The Kier molecular flexibility index (Phi) is 10.7. The van der Waals surface area contributed by atoms with Crippen molar-refractivity contribution in [2.75, 3.05) is 0 Å². The molecule has 4 heterocycles. The van der Waals surface area contributed by atoms with Crippen LogP contribution in [-0.2, 0) is 21.1 Å². The van der Waals surface area contributed by atoms with Crippen LogP contribution in [-0.4, -0.2) is 9.97 Å². The molecule has 13 rings (SSSR count). The molecular weight excluding hydrogens is 1020 g/mol. The maximum absolute atomic E-state index is 6.78. The summed E-state index contributed by atoms with van der Waals surface area (Å²) in [6.45, 7) is 0. The van der Waals surface area contributed by atoms with Crippen molar-refractivity contribution in [2.45, 2.75) is 0 Å². The smallest absolute Gasteiger partial charge is 0.491 e. The first-order valence-corrected chi connectivity index (χ1v) is 22.8. The normalized spacial score (nSPS) is 11.4. The summed E-state index contributed by atoms with van der Waals surface area (Å²) in [4.78, 5) is 9.87. The molecule has 0 fully saturated rings. The quantitative estimate of drug-likeness (QED) is 0.142. The van der Waals surface area contributed by atoms with Crippen molar-refractivity contribution >= 4 is 43.9 Å². The summed E-state index contributed by atoms with van der Waals surface area (Å²) in [5.74, 6) is 0. The number of benzene rings is 9. The Labute approximate surface area is 413 Å². The Bertz CT molecular complexity index is 3780. The topological polar surface area (TPSA) is 52.1 Å². The van der Waals surface area contributed by atoms with E-state index in [1.165, 1.54) is 0 Å². The first-order chi connectivity index (χ1) is 33.7. The number of hydrogen-bond acceptors (Lipinski definition) is 4. The van der Waals surface area contributed by atoms with Gasteiger partial charge in [0.25, 0.3) is 0 Å². The van der Waals surface area contributed by atoms with Gasteiger partial charge < -0.3 is 8.83 Å². The third-order valence-corrected chi connectivity index (χ3v) is 13.0. The van der Waals surface area contributed by atoms with Gasteiger partial charge in [0.15, 0.2) is 0 Å². The predicted molar refractivity (Wildman–Crippen MR) is 278 cm³/mol. The molecule has 0 spiro atoms. The van der Waals surface area contributed by atoms with Crippen molar-refractivity contribution < 1.29 is 29.9 Å². The predicted octanol–water partition coefficient (Wildman–Crippen LogP) is 17.2. The fraction of sp³-hybridized carbons (Fsp3) is 0. The maximum Gasteiger partial charge on any atom is 2.00 e. The fourth-order valence-electron chi connectivity index (χ4n) is 9.78. The zero-order chi connectivity index (χ0) is 45.0. The van der Waals surface area contributed by atoms with Crippen LogP contribution in [0.1, 0.15) is 0 Å². The van der Waals surface area contributed by atoms with Crippen molar-refractivity contribution in [3.05, 3.63) is 243 Å². The van der Waals surface area contributed by atoms with Crippen molar-refractivity contribution in [1.29, 1.82) is 0 Å². The molecule has 5 heteroatoms. The minimum Gasteiger partial charge on any atom is -0.491 e. The van der Waals surface area contributed by atoms with Gasteiger partial charge in [0.05, 0.1) is 22.6 Å². The molecule has 13 aromatic rings. The minimum atomic E-state index is 0. The Morgan fingerprint density at radius 2 is 0.667 bits per heavy atom. The molecule has 0 saturated heterocycles. The van der Waals surface area contributed by atoms with Gasteiger partial charge in [-0.25, -0.2) is 0 Å². The number of rotatable bonds is 8. The van der Waals surface area contributed by atoms with Gasteiger partial charge in [-0.1, -0.05) is 192 Å². The molecule has 9 aromatic carbocycles. The number of fused-ring (bicyclic) bond motifs is 6. The fourth-order valence-corrected chi connectivity index (χ4v) is 9.78. The second kappa shape index (κ2) is 17.7. The van der Waals surface area contributed by atoms with E-state index in [1.807, 2.05) is 48.8 Å². The van der Waals surface area contributed by atoms with Crippen LogP contribution in [0.15, 0.2) is 240 Å². The van der Waals surface area contributed by atoms with Crippen LogP contribution >= 0.6 is 0 Å². The van der Waals surface area contributed by atoms with Crippen molar-refractivity contribution in [1.82, 2.24) is 9.97 Å². The molecule has 0 radical (unpaired) electrons. The summed E-state index contributed by atoms with van der Waals surface area (Å²) < 4.78 is 13.6. The molecule has 4 aromatic heterocycles. The van der Waals surface area contributed by atoms with Crippen molar-refractivity contribution in [2.24, 2.45) is 0 Å². The van der Waals surface area contributed by atoms with Gasteiger partial charge in [-0.05, 0) is 80.6 Å². The van der Waals surface area contributed by atoms with Crippen molar-refractivity contribution in [3.63, 3.8) is 0 Å². The molecule has 0 aliphatic rings. The third kappa shape index (κ3) is 7.47. The zero-order valence-corrected chi connectivity index (χ0v) is 39.2. The van der Waals surface area contributed by atoms with E-state index in [0.717, 1.165) is 133 Å². The van der Waals surface area contributed by atoms with Gasteiger partial charge in [-0.2, -0.15) is 0 Å². The van der Waals surface area contributed by atoms with E-state index in [-0.39, 0.29) is 21.1 Å². The molecule has 0 amide bonds. The van der Waals surface area contributed by atoms with Gasteiger partial charge in [-0.3, -0.25) is 9.97 Å². The first-order valence-electron chi connectivity index (χ1n) is 22.8. The number of aromatic nitrogens is 2. The molecule has 69 heavy (non-hydrogen) atoms. The molecule has 326 valence electrons. The summed E-state index contributed by atoms with van der Waals surface area (Å²) in [5, 5.41) is 4.11. The molecule has 0 bridgehead atoms. The number of para-hydroxylation sites is 2. The molecule has 0 aliphatic heterocycles. The van der Waals surface area contributed by atoms with E-state index < -0.39 is 0 Å². The largest absolute Gasteiger partial charge is 2.00 e. The van der Waals surface area contributed by atoms with E-state index in [2.05, 4.69) is 194 Å². The van der Waals surface area contributed by atoms with E-state index in [4.69, 9.17) is 18.8 Å². The van der Waals surface area contributed by atoms with Crippen molar-refractivity contribution in [3.8, 4) is 89.3 Å². The van der Waals surface area contributed by atoms with Gasteiger partial charge in [0.1, 0.15) is 11.2 Å². The molecule has 0 unspecified atom stereocenters. The zero-order valence-electron chi connectivity index (χ0n) is 37.0. The van der Waals surface area contributed by atoms with Crippen LogP contribution in [0, 0.1) is 12.1 Å². The van der Waals surface area contributed by atoms with Gasteiger partial charge >= 0.3 is 21.1 Å². The standard InChI is InChI=1S/C64H38N2O2.Pt/c1-3-17-41(18-4-1)43-31-33-65-59(39-43)51-25-11-9-23-49(51)55-35-45(37-57-53-27-13-15-29-61(53)67-63(55)57)47-21-7-8-22-48(47)46-36-56(64-58(38-46)54-28-14-16-30-62(54)68-64)50-24-10-12-26-52(50)60-40-44(32-34-66-60)42-19-5-2-6-20-42;/h1-34,37-40H;/q-2;+2. The molecule has 0 N–H and O–H groups in total. The van der Waals surface area contributed by atoms with E-state index >= 15 is 0 Å². The second-order valence-electron chi connectivity index (χ2n) is 17.0.